The Balaban J connectivity index is 1.10. The van der Waals surface area contributed by atoms with Crippen LogP contribution < -0.4 is 4.90 Å². The van der Waals surface area contributed by atoms with Gasteiger partial charge in [0.25, 0.3) is 0 Å². The highest BCUT2D eigenvalue weighted by molar-refractivity contribution is 6.21. The highest BCUT2D eigenvalue weighted by atomic mass is 15.1. The van der Waals surface area contributed by atoms with Crippen LogP contribution in [0.4, 0.5) is 17.1 Å². The normalized spacial score (nSPS) is 11.6. The zero-order valence-corrected chi connectivity index (χ0v) is 30.7. The number of aromatic nitrogens is 1. The van der Waals surface area contributed by atoms with Gasteiger partial charge in [-0.2, -0.15) is 0 Å². The summed E-state index contributed by atoms with van der Waals surface area (Å²) in [5.41, 5.74) is 11.6. The first-order valence-corrected chi connectivity index (χ1v) is 19.3. The molecule has 0 fully saturated rings. The van der Waals surface area contributed by atoms with E-state index < -0.39 is 0 Å². The minimum Gasteiger partial charge on any atom is -0.310 e. The minimum atomic E-state index is 1.09. The van der Waals surface area contributed by atoms with Gasteiger partial charge in [0, 0.05) is 33.4 Å². The first-order valence-electron chi connectivity index (χ1n) is 19.3. The number of para-hydroxylation sites is 2. The number of benzene rings is 10. The third-order valence-corrected chi connectivity index (χ3v) is 11.3. The Morgan fingerprint density at radius 1 is 0.304 bits per heavy atom. The van der Waals surface area contributed by atoms with Crippen molar-refractivity contribution in [2.45, 2.75) is 0 Å². The predicted octanol–water partition coefficient (Wildman–Crippen LogP) is 15.0. The van der Waals surface area contributed by atoms with Crippen LogP contribution in [-0.4, -0.2) is 4.57 Å². The van der Waals surface area contributed by atoms with Gasteiger partial charge in [-0.05, 0) is 110 Å². The molecule has 0 aliphatic carbocycles. The maximum Gasteiger partial charge on any atom is 0.0547 e. The fraction of sp³-hybridized carbons (Fsp3) is 0. The fourth-order valence-corrected chi connectivity index (χ4v) is 8.81. The van der Waals surface area contributed by atoms with E-state index in [9.17, 15) is 0 Å². The van der Waals surface area contributed by atoms with E-state index in [1.807, 2.05) is 0 Å². The standard InChI is InChI=1S/C54H36N2/c1-3-15-37(16-4-1)50-36-43(32-34-52(50)56-51-26-14-13-25-48(51)54-45-22-10-7-17-38(45)29-33-53(54)56)55(41-19-5-2-6-20-41)42-30-27-39(28-31-42)49-35-40-18-8-9-21-44(40)46-23-11-12-24-47(46)49/h1-36H. The lowest BCUT2D eigenvalue weighted by Gasteiger charge is -2.27. The Morgan fingerprint density at radius 3 is 1.66 bits per heavy atom. The molecule has 0 aliphatic heterocycles. The summed E-state index contributed by atoms with van der Waals surface area (Å²) in [6.45, 7) is 0. The molecule has 0 spiro atoms. The largest absolute Gasteiger partial charge is 0.310 e. The van der Waals surface area contributed by atoms with E-state index in [1.165, 1.54) is 76.4 Å². The van der Waals surface area contributed by atoms with Gasteiger partial charge in [0.15, 0.2) is 0 Å². The van der Waals surface area contributed by atoms with Crippen LogP contribution in [0.25, 0.3) is 82.1 Å². The van der Waals surface area contributed by atoms with Crippen LogP contribution in [-0.2, 0) is 0 Å². The molecule has 11 aromatic rings. The Kier molecular flexibility index (Phi) is 7.53. The van der Waals surface area contributed by atoms with Crippen LogP contribution in [0.2, 0.25) is 0 Å². The maximum atomic E-state index is 2.46. The van der Waals surface area contributed by atoms with Crippen molar-refractivity contribution in [2.75, 3.05) is 4.90 Å². The predicted molar refractivity (Wildman–Crippen MR) is 239 cm³/mol. The summed E-state index contributed by atoms with van der Waals surface area (Å²) < 4.78 is 2.46. The van der Waals surface area contributed by atoms with E-state index in [4.69, 9.17) is 0 Å². The lowest BCUT2D eigenvalue weighted by atomic mass is 9.93. The Morgan fingerprint density at radius 2 is 0.875 bits per heavy atom. The van der Waals surface area contributed by atoms with Gasteiger partial charge in [-0.15, -0.1) is 0 Å². The van der Waals surface area contributed by atoms with Crippen molar-refractivity contribution in [1.82, 2.24) is 4.57 Å². The van der Waals surface area contributed by atoms with E-state index in [0.717, 1.165) is 22.7 Å². The first-order chi connectivity index (χ1) is 27.8. The molecule has 0 saturated carbocycles. The van der Waals surface area contributed by atoms with E-state index in [2.05, 4.69) is 228 Å². The zero-order chi connectivity index (χ0) is 37.0. The quantitative estimate of drug-likeness (QED) is 0.156. The third-order valence-electron chi connectivity index (χ3n) is 11.3. The van der Waals surface area contributed by atoms with Gasteiger partial charge in [-0.3, -0.25) is 0 Å². The van der Waals surface area contributed by atoms with Crippen LogP contribution in [0.3, 0.4) is 0 Å². The Bertz CT molecular complexity index is 3230. The smallest absolute Gasteiger partial charge is 0.0547 e. The number of hydrogen-bond donors (Lipinski definition) is 0. The molecule has 10 aromatic carbocycles. The molecule has 0 radical (unpaired) electrons. The highest BCUT2D eigenvalue weighted by Gasteiger charge is 2.20. The molecule has 0 unspecified atom stereocenters. The molecule has 0 aliphatic rings. The highest BCUT2D eigenvalue weighted by Crippen LogP contribution is 2.43. The van der Waals surface area contributed by atoms with Crippen molar-refractivity contribution in [3.8, 4) is 27.9 Å². The molecule has 2 nitrogen and oxygen atoms in total. The molecule has 0 N–H and O–H groups in total. The molecule has 0 amide bonds. The van der Waals surface area contributed by atoms with E-state index in [0.29, 0.717) is 0 Å². The minimum absolute atomic E-state index is 1.09. The molecule has 11 rings (SSSR count). The van der Waals surface area contributed by atoms with Crippen molar-refractivity contribution in [1.29, 1.82) is 0 Å². The van der Waals surface area contributed by atoms with Gasteiger partial charge in [0.2, 0.25) is 0 Å². The summed E-state index contributed by atoms with van der Waals surface area (Å²) in [6, 6.07) is 79.4. The lowest BCUT2D eigenvalue weighted by Crippen LogP contribution is -2.10. The van der Waals surface area contributed by atoms with Gasteiger partial charge in [-0.1, -0.05) is 158 Å². The van der Waals surface area contributed by atoms with Crippen LogP contribution in [0.5, 0.6) is 0 Å². The van der Waals surface area contributed by atoms with Crippen LogP contribution >= 0.6 is 0 Å². The molecule has 0 bridgehead atoms. The summed E-state index contributed by atoms with van der Waals surface area (Å²) in [4.78, 5) is 2.37. The summed E-state index contributed by atoms with van der Waals surface area (Å²) >= 11 is 0. The topological polar surface area (TPSA) is 8.17 Å². The van der Waals surface area contributed by atoms with Crippen molar-refractivity contribution in [3.05, 3.63) is 218 Å². The monoisotopic (exact) mass is 712 g/mol. The molecule has 0 atom stereocenters. The second-order valence-electron chi connectivity index (χ2n) is 14.5. The van der Waals surface area contributed by atoms with Gasteiger partial charge < -0.3 is 9.47 Å². The number of hydrogen-bond acceptors (Lipinski definition) is 1. The van der Waals surface area contributed by atoms with Gasteiger partial charge in [0.05, 0.1) is 16.7 Å². The van der Waals surface area contributed by atoms with Gasteiger partial charge in [-0.25, -0.2) is 0 Å². The van der Waals surface area contributed by atoms with E-state index in [-0.39, 0.29) is 0 Å². The van der Waals surface area contributed by atoms with Gasteiger partial charge >= 0.3 is 0 Å². The van der Waals surface area contributed by atoms with Crippen LogP contribution in [0.1, 0.15) is 0 Å². The number of anilines is 3. The van der Waals surface area contributed by atoms with Crippen molar-refractivity contribution in [3.63, 3.8) is 0 Å². The summed E-state index contributed by atoms with van der Waals surface area (Å²) in [6.07, 6.45) is 0. The molecular formula is C54H36N2. The first kappa shape index (κ1) is 32.0. The second-order valence-corrected chi connectivity index (χ2v) is 14.5. The molecule has 0 saturated heterocycles. The molecule has 262 valence electrons. The zero-order valence-electron chi connectivity index (χ0n) is 30.7. The maximum absolute atomic E-state index is 2.46. The number of nitrogens with zero attached hydrogens (tertiary/aromatic N) is 2. The molecule has 1 heterocycles. The average Bonchev–Trinajstić information content (AvgIpc) is 3.62. The summed E-state index contributed by atoms with van der Waals surface area (Å²) in [7, 11) is 0. The van der Waals surface area contributed by atoms with Crippen molar-refractivity contribution in [2.24, 2.45) is 0 Å². The second kappa shape index (κ2) is 13.2. The Labute approximate surface area is 325 Å². The number of fused-ring (bicyclic) bond motifs is 8. The molecule has 1 aromatic heterocycles. The van der Waals surface area contributed by atoms with Crippen molar-refractivity contribution >= 4 is 71.2 Å². The molecule has 2 heteroatoms. The van der Waals surface area contributed by atoms with Gasteiger partial charge in [0.1, 0.15) is 0 Å². The molecular weight excluding hydrogens is 677 g/mol. The molecule has 56 heavy (non-hydrogen) atoms. The van der Waals surface area contributed by atoms with E-state index >= 15 is 0 Å². The fourth-order valence-electron chi connectivity index (χ4n) is 8.81. The average molecular weight is 713 g/mol. The number of rotatable bonds is 6. The van der Waals surface area contributed by atoms with Crippen LogP contribution in [0.15, 0.2) is 218 Å². The lowest BCUT2D eigenvalue weighted by molar-refractivity contribution is 1.18. The summed E-state index contributed by atoms with van der Waals surface area (Å²) in [5.74, 6) is 0. The van der Waals surface area contributed by atoms with E-state index in [1.54, 1.807) is 0 Å². The van der Waals surface area contributed by atoms with Crippen LogP contribution in [0, 0.1) is 0 Å². The Hall–Kier alpha value is -7.42. The van der Waals surface area contributed by atoms with Crippen molar-refractivity contribution < 1.29 is 0 Å². The summed E-state index contributed by atoms with van der Waals surface area (Å²) in [5, 5.41) is 10.1. The third kappa shape index (κ3) is 5.19. The SMILES string of the molecule is c1ccc(-c2cc(N(c3ccccc3)c3ccc(-c4cc5ccccc5c5ccccc45)cc3)ccc2-n2c3ccccc3c3c4ccccc4ccc32)cc1.